The fourth-order valence-electron chi connectivity index (χ4n) is 1.01. The second-order valence-corrected chi connectivity index (χ2v) is 4.80. The van der Waals surface area contributed by atoms with Crippen molar-refractivity contribution in [3.8, 4) is 0 Å². The van der Waals surface area contributed by atoms with E-state index in [1.807, 2.05) is 0 Å². The summed E-state index contributed by atoms with van der Waals surface area (Å²) in [6.07, 6.45) is 2.06. The first kappa shape index (κ1) is 10.7. The molecule has 0 bridgehead atoms. The summed E-state index contributed by atoms with van der Waals surface area (Å²) in [5.41, 5.74) is 0.552. The van der Waals surface area contributed by atoms with Crippen molar-refractivity contribution < 1.29 is 0 Å². The Labute approximate surface area is 71.7 Å². The molecule has 66 valence electrons. The van der Waals surface area contributed by atoms with Gasteiger partial charge in [0.2, 0.25) is 0 Å². The normalized spacial score (nSPS) is 13.7. The molecule has 0 saturated carbocycles. The number of allylic oxidation sites excluding steroid dienone is 1. The maximum absolute atomic E-state index is 3.88. The monoisotopic (exact) mass is 154 g/mol. The Hall–Kier alpha value is -0.260. The second-order valence-electron chi connectivity index (χ2n) is 4.80. The highest BCUT2D eigenvalue weighted by molar-refractivity contribution is 4.99. The quantitative estimate of drug-likeness (QED) is 0.541. The summed E-state index contributed by atoms with van der Waals surface area (Å²) >= 11 is 0. The highest BCUT2D eigenvalue weighted by Crippen LogP contribution is 2.44. The Morgan fingerprint density at radius 1 is 1.09 bits per heavy atom. The highest BCUT2D eigenvalue weighted by atomic mass is 14.4. The van der Waals surface area contributed by atoms with E-state index >= 15 is 0 Å². The van der Waals surface area contributed by atoms with Gasteiger partial charge in [0.05, 0.1) is 0 Å². The predicted octanol–water partition coefficient (Wildman–Crippen LogP) is 3.88. The maximum atomic E-state index is 3.88. The van der Waals surface area contributed by atoms with Crippen molar-refractivity contribution in [1.29, 1.82) is 0 Å². The van der Waals surface area contributed by atoms with E-state index in [2.05, 4.69) is 54.2 Å². The molecule has 0 rings (SSSR count). The minimum absolute atomic E-state index is 0.223. The number of rotatable bonds is 3. The molecule has 0 fully saturated rings. The molecule has 0 aromatic rings. The Morgan fingerprint density at radius 3 is 1.55 bits per heavy atom. The molecule has 0 unspecified atom stereocenters. The zero-order valence-corrected chi connectivity index (χ0v) is 8.86. The van der Waals surface area contributed by atoms with E-state index in [4.69, 9.17) is 0 Å². The summed E-state index contributed by atoms with van der Waals surface area (Å²) in [7, 11) is 0. The summed E-state index contributed by atoms with van der Waals surface area (Å²) in [5, 5.41) is 0. The van der Waals surface area contributed by atoms with Crippen molar-refractivity contribution in [3.05, 3.63) is 12.7 Å². The zero-order valence-electron chi connectivity index (χ0n) is 8.86. The van der Waals surface area contributed by atoms with Gasteiger partial charge in [0, 0.05) is 0 Å². The van der Waals surface area contributed by atoms with Crippen LogP contribution in [0.2, 0.25) is 0 Å². The molecule has 0 N–H and O–H groups in total. The van der Waals surface area contributed by atoms with Crippen LogP contribution in [0.1, 0.15) is 41.5 Å². The van der Waals surface area contributed by atoms with Crippen LogP contribution in [0.5, 0.6) is 0 Å². The van der Waals surface area contributed by atoms with Gasteiger partial charge in [-0.3, -0.25) is 0 Å². The van der Waals surface area contributed by atoms with Gasteiger partial charge in [0.1, 0.15) is 0 Å². The first-order chi connectivity index (χ1) is 4.75. The van der Waals surface area contributed by atoms with E-state index in [0.717, 1.165) is 0 Å². The molecule has 0 saturated heterocycles. The van der Waals surface area contributed by atoms with Crippen molar-refractivity contribution in [3.63, 3.8) is 0 Å². The van der Waals surface area contributed by atoms with Gasteiger partial charge in [0.15, 0.2) is 0 Å². The smallest absolute Gasteiger partial charge is 0.0124 e. The van der Waals surface area contributed by atoms with Crippen molar-refractivity contribution in [2.75, 3.05) is 0 Å². The summed E-state index contributed by atoms with van der Waals surface area (Å²) in [4.78, 5) is 0. The van der Waals surface area contributed by atoms with E-state index in [9.17, 15) is 0 Å². The lowest BCUT2D eigenvalue weighted by Crippen LogP contribution is -2.35. The van der Waals surface area contributed by atoms with Crippen LogP contribution in [-0.2, 0) is 0 Å². The molecule has 0 heterocycles. The van der Waals surface area contributed by atoms with Gasteiger partial charge >= 0.3 is 0 Å². The first-order valence-corrected chi connectivity index (χ1v) is 4.39. The van der Waals surface area contributed by atoms with E-state index < -0.39 is 0 Å². The molecule has 0 heteroatoms. The van der Waals surface area contributed by atoms with E-state index in [1.54, 1.807) is 0 Å². The molecule has 0 radical (unpaired) electrons. The summed E-state index contributed by atoms with van der Waals surface area (Å²) in [5.74, 6) is 0.690. The van der Waals surface area contributed by atoms with Gasteiger partial charge in [0.25, 0.3) is 0 Å². The first-order valence-electron chi connectivity index (χ1n) is 4.39. The molecular weight excluding hydrogens is 132 g/mol. The molecule has 0 nitrogen and oxygen atoms in total. The van der Waals surface area contributed by atoms with Gasteiger partial charge in [-0.25, -0.2) is 0 Å². The molecule has 0 aromatic heterocycles. The molecule has 0 spiro atoms. The fourth-order valence-corrected chi connectivity index (χ4v) is 1.01. The largest absolute Gasteiger partial charge is 0.103 e. The standard InChI is InChI=1S/C11H22/c1-8-10(4,5)11(6,7)9(2)3/h8-9H,1H2,2-7H3. The zero-order chi connectivity index (χ0) is 9.28. The summed E-state index contributed by atoms with van der Waals surface area (Å²) in [6, 6.07) is 0. The van der Waals surface area contributed by atoms with Gasteiger partial charge in [-0.15, -0.1) is 6.58 Å². The molecule has 11 heavy (non-hydrogen) atoms. The van der Waals surface area contributed by atoms with Gasteiger partial charge < -0.3 is 0 Å². The average Bonchev–Trinajstić information content (AvgIpc) is 1.87. The Bertz CT molecular complexity index is 138. The highest BCUT2D eigenvalue weighted by Gasteiger charge is 2.36. The molecule has 0 aliphatic rings. The lowest BCUT2D eigenvalue weighted by molar-refractivity contribution is 0.100. The fraction of sp³-hybridized carbons (Fsp3) is 0.818. The van der Waals surface area contributed by atoms with E-state index in [1.165, 1.54) is 0 Å². The Kier molecular flexibility index (Phi) is 2.93. The van der Waals surface area contributed by atoms with Crippen molar-refractivity contribution >= 4 is 0 Å². The lowest BCUT2D eigenvalue weighted by atomic mass is 9.62. The molecule has 0 aromatic carbocycles. The average molecular weight is 154 g/mol. The molecule has 0 aliphatic heterocycles. The van der Waals surface area contributed by atoms with E-state index in [0.29, 0.717) is 11.3 Å². The van der Waals surface area contributed by atoms with Crippen LogP contribution >= 0.6 is 0 Å². The Balaban J connectivity index is 4.66. The predicted molar refractivity (Wildman–Crippen MR) is 52.6 cm³/mol. The molecule has 0 amide bonds. The third-order valence-electron chi connectivity index (χ3n) is 3.61. The Morgan fingerprint density at radius 2 is 1.45 bits per heavy atom. The van der Waals surface area contributed by atoms with Crippen molar-refractivity contribution in [2.45, 2.75) is 41.5 Å². The van der Waals surface area contributed by atoms with Crippen LogP contribution < -0.4 is 0 Å². The molecule has 0 aliphatic carbocycles. The lowest BCUT2D eigenvalue weighted by Gasteiger charge is -2.43. The maximum Gasteiger partial charge on any atom is -0.0124 e. The van der Waals surface area contributed by atoms with Crippen LogP contribution in [0, 0.1) is 16.7 Å². The number of hydrogen-bond acceptors (Lipinski definition) is 0. The molecular formula is C11H22. The summed E-state index contributed by atoms with van der Waals surface area (Å²) < 4.78 is 0. The minimum atomic E-state index is 0.223. The summed E-state index contributed by atoms with van der Waals surface area (Å²) in [6.45, 7) is 17.5. The topological polar surface area (TPSA) is 0 Å². The SMILES string of the molecule is C=CC(C)(C)C(C)(C)C(C)C. The van der Waals surface area contributed by atoms with Gasteiger partial charge in [-0.1, -0.05) is 47.6 Å². The van der Waals surface area contributed by atoms with Gasteiger partial charge in [-0.05, 0) is 16.7 Å². The van der Waals surface area contributed by atoms with E-state index in [-0.39, 0.29) is 5.41 Å². The third kappa shape index (κ3) is 1.85. The van der Waals surface area contributed by atoms with Crippen LogP contribution in [0.3, 0.4) is 0 Å². The third-order valence-corrected chi connectivity index (χ3v) is 3.61. The van der Waals surface area contributed by atoms with Crippen LogP contribution in [0.25, 0.3) is 0 Å². The van der Waals surface area contributed by atoms with Crippen molar-refractivity contribution in [1.82, 2.24) is 0 Å². The minimum Gasteiger partial charge on any atom is -0.103 e. The van der Waals surface area contributed by atoms with Crippen LogP contribution in [0.4, 0.5) is 0 Å². The van der Waals surface area contributed by atoms with Crippen molar-refractivity contribution in [2.24, 2.45) is 16.7 Å². The van der Waals surface area contributed by atoms with Crippen LogP contribution in [0.15, 0.2) is 12.7 Å². The molecule has 0 atom stereocenters. The number of hydrogen-bond donors (Lipinski definition) is 0. The van der Waals surface area contributed by atoms with Gasteiger partial charge in [-0.2, -0.15) is 0 Å². The second kappa shape index (κ2) is 3.00. The van der Waals surface area contributed by atoms with Crippen LogP contribution in [-0.4, -0.2) is 0 Å².